The molecule has 1 atom stereocenters. The first kappa shape index (κ1) is 20.2. The molecule has 2 rings (SSSR count). The Labute approximate surface area is 154 Å². The minimum absolute atomic E-state index is 0.190. The summed E-state index contributed by atoms with van der Waals surface area (Å²) in [5, 5.41) is 2.66. The molecule has 0 radical (unpaired) electrons. The summed E-state index contributed by atoms with van der Waals surface area (Å²) in [4.78, 5) is 51.5. The fourth-order valence-corrected chi connectivity index (χ4v) is 3.70. The first-order valence-electron chi connectivity index (χ1n) is 9.47. The Morgan fingerprint density at radius 1 is 1.19 bits per heavy atom. The summed E-state index contributed by atoms with van der Waals surface area (Å²) in [6.07, 6.45) is 4.80. The van der Waals surface area contributed by atoms with Crippen LogP contribution in [0.3, 0.4) is 0 Å². The Balaban J connectivity index is 1.88. The maximum atomic E-state index is 12.5. The Morgan fingerprint density at radius 2 is 1.88 bits per heavy atom. The highest BCUT2D eigenvalue weighted by Crippen LogP contribution is 2.24. The van der Waals surface area contributed by atoms with Crippen molar-refractivity contribution >= 4 is 23.8 Å². The van der Waals surface area contributed by atoms with Crippen LogP contribution in [0, 0.1) is 0 Å². The molecular weight excluding hydrogens is 338 g/mol. The highest BCUT2D eigenvalue weighted by molar-refractivity contribution is 6.08. The van der Waals surface area contributed by atoms with Crippen molar-refractivity contribution in [1.29, 1.82) is 0 Å². The van der Waals surface area contributed by atoms with Crippen molar-refractivity contribution in [3.63, 3.8) is 0 Å². The molecule has 0 aromatic rings. The van der Waals surface area contributed by atoms with Gasteiger partial charge in [0.1, 0.15) is 12.1 Å². The lowest BCUT2D eigenvalue weighted by Crippen LogP contribution is -2.46. The molecule has 1 N–H and O–H groups in total. The van der Waals surface area contributed by atoms with Gasteiger partial charge < -0.3 is 15.0 Å². The number of imide groups is 1. The molecule has 2 aliphatic heterocycles. The number of urea groups is 1. The molecule has 2 heterocycles. The van der Waals surface area contributed by atoms with Crippen molar-refractivity contribution in [1.82, 2.24) is 15.1 Å². The quantitative estimate of drug-likeness (QED) is 0.542. The van der Waals surface area contributed by atoms with Crippen LogP contribution in [0.25, 0.3) is 0 Å². The zero-order valence-electron chi connectivity index (χ0n) is 15.9. The van der Waals surface area contributed by atoms with E-state index in [1.807, 2.05) is 20.8 Å². The van der Waals surface area contributed by atoms with Crippen LogP contribution in [0.4, 0.5) is 4.79 Å². The molecule has 2 saturated heterocycles. The average Bonchev–Trinajstić information content (AvgIpc) is 2.90. The van der Waals surface area contributed by atoms with Gasteiger partial charge in [0.25, 0.3) is 11.8 Å². The van der Waals surface area contributed by atoms with Crippen LogP contribution < -0.4 is 5.32 Å². The molecule has 4 amide bonds. The van der Waals surface area contributed by atoms with Gasteiger partial charge in [0.05, 0.1) is 0 Å². The molecule has 0 aromatic carbocycles. The van der Waals surface area contributed by atoms with E-state index < -0.39 is 30.0 Å². The predicted molar refractivity (Wildman–Crippen MR) is 94.2 cm³/mol. The van der Waals surface area contributed by atoms with E-state index in [2.05, 4.69) is 5.32 Å². The first-order valence-corrected chi connectivity index (χ1v) is 9.47. The number of carbonyl (C=O) groups is 4. The van der Waals surface area contributed by atoms with Gasteiger partial charge in [-0.3, -0.25) is 19.3 Å². The lowest BCUT2D eigenvalue weighted by Gasteiger charge is -2.35. The second-order valence-electron chi connectivity index (χ2n) is 6.92. The summed E-state index contributed by atoms with van der Waals surface area (Å²) in [5.74, 6) is -1.40. The Hall–Kier alpha value is -2.12. The van der Waals surface area contributed by atoms with Gasteiger partial charge in [0.15, 0.2) is 6.61 Å². The maximum absolute atomic E-state index is 12.5. The molecule has 2 aliphatic rings. The van der Waals surface area contributed by atoms with Gasteiger partial charge in [-0.2, -0.15) is 0 Å². The van der Waals surface area contributed by atoms with Crippen molar-refractivity contribution < 1.29 is 23.9 Å². The van der Waals surface area contributed by atoms with Gasteiger partial charge >= 0.3 is 12.0 Å². The monoisotopic (exact) mass is 367 g/mol. The third-order valence-corrected chi connectivity index (χ3v) is 5.52. The Kier molecular flexibility index (Phi) is 6.61. The number of rotatable bonds is 7. The summed E-state index contributed by atoms with van der Waals surface area (Å²) in [5.41, 5.74) is -0.949. The lowest BCUT2D eigenvalue weighted by molar-refractivity contribution is -0.155. The summed E-state index contributed by atoms with van der Waals surface area (Å²) in [7, 11) is 0. The number of ether oxygens (including phenoxy) is 1. The number of nitrogens with zero attached hydrogens (tertiary/aromatic N) is 2. The summed E-state index contributed by atoms with van der Waals surface area (Å²) < 4.78 is 5.04. The van der Waals surface area contributed by atoms with E-state index in [1.165, 1.54) is 0 Å². The van der Waals surface area contributed by atoms with Crippen LogP contribution in [0.5, 0.6) is 0 Å². The third kappa shape index (κ3) is 3.99. The molecular formula is C18H29N3O5. The SMILES string of the molecule is CC[C@H]1CCCCN1C(=O)COC(=O)CN1C(=O)NC(CC)(CC)C1=O. The van der Waals surface area contributed by atoms with Crippen LogP contribution in [0.15, 0.2) is 0 Å². The molecule has 0 bridgehead atoms. The number of piperidine rings is 1. The van der Waals surface area contributed by atoms with E-state index >= 15 is 0 Å². The van der Waals surface area contributed by atoms with Crippen LogP contribution in [-0.2, 0) is 19.1 Å². The van der Waals surface area contributed by atoms with Crippen LogP contribution in [0.1, 0.15) is 59.3 Å². The molecule has 0 aromatic heterocycles. The number of likely N-dealkylation sites (tertiary alicyclic amines) is 1. The topological polar surface area (TPSA) is 96.0 Å². The predicted octanol–water partition coefficient (Wildman–Crippen LogP) is 1.43. The maximum Gasteiger partial charge on any atom is 0.326 e. The number of nitrogens with one attached hydrogen (secondary N) is 1. The van der Waals surface area contributed by atoms with Crippen molar-refractivity contribution in [2.24, 2.45) is 0 Å². The molecule has 8 nitrogen and oxygen atoms in total. The third-order valence-electron chi connectivity index (χ3n) is 5.52. The zero-order valence-corrected chi connectivity index (χ0v) is 15.9. The van der Waals surface area contributed by atoms with Crippen molar-refractivity contribution in [2.45, 2.75) is 70.9 Å². The highest BCUT2D eigenvalue weighted by atomic mass is 16.5. The van der Waals surface area contributed by atoms with E-state index in [4.69, 9.17) is 4.74 Å². The van der Waals surface area contributed by atoms with Gasteiger partial charge in [-0.15, -0.1) is 0 Å². The smallest absolute Gasteiger partial charge is 0.326 e. The highest BCUT2D eigenvalue weighted by Gasteiger charge is 2.49. The van der Waals surface area contributed by atoms with Gasteiger partial charge in [0, 0.05) is 12.6 Å². The van der Waals surface area contributed by atoms with E-state index in [9.17, 15) is 19.2 Å². The van der Waals surface area contributed by atoms with Crippen LogP contribution >= 0.6 is 0 Å². The van der Waals surface area contributed by atoms with Crippen molar-refractivity contribution in [2.75, 3.05) is 19.7 Å². The number of amides is 4. The van der Waals surface area contributed by atoms with Gasteiger partial charge in [-0.05, 0) is 38.5 Å². The van der Waals surface area contributed by atoms with Crippen molar-refractivity contribution in [3.8, 4) is 0 Å². The molecule has 0 saturated carbocycles. The Bertz CT molecular complexity index is 573. The summed E-state index contributed by atoms with van der Waals surface area (Å²) in [6, 6.07) is -0.403. The first-order chi connectivity index (χ1) is 12.4. The average molecular weight is 367 g/mol. The van der Waals surface area contributed by atoms with Gasteiger partial charge in [0.2, 0.25) is 0 Å². The standard InChI is InChI=1S/C18H29N3O5/c1-4-13-9-7-8-10-20(13)14(22)12-26-15(23)11-21-16(24)18(5-2,6-3)19-17(21)25/h13H,4-12H2,1-3H3,(H,19,25)/t13-/m0/s1. The van der Waals surface area contributed by atoms with E-state index in [0.29, 0.717) is 19.4 Å². The summed E-state index contributed by atoms with van der Waals surface area (Å²) >= 11 is 0. The van der Waals surface area contributed by atoms with E-state index in [-0.39, 0.29) is 18.6 Å². The summed E-state index contributed by atoms with van der Waals surface area (Å²) in [6.45, 7) is 5.50. The largest absolute Gasteiger partial charge is 0.454 e. The van der Waals surface area contributed by atoms with E-state index in [1.54, 1.807) is 4.90 Å². The normalized spacial score (nSPS) is 22.3. The molecule has 0 unspecified atom stereocenters. The number of hydrogen-bond acceptors (Lipinski definition) is 5. The van der Waals surface area contributed by atoms with Crippen LogP contribution in [0.2, 0.25) is 0 Å². The van der Waals surface area contributed by atoms with Crippen LogP contribution in [-0.4, -0.2) is 64.9 Å². The lowest BCUT2D eigenvalue weighted by atomic mass is 9.93. The minimum Gasteiger partial charge on any atom is -0.454 e. The molecule has 146 valence electrons. The molecule has 26 heavy (non-hydrogen) atoms. The van der Waals surface area contributed by atoms with Gasteiger partial charge in [-0.1, -0.05) is 20.8 Å². The van der Waals surface area contributed by atoms with Crippen molar-refractivity contribution in [3.05, 3.63) is 0 Å². The molecule has 0 aliphatic carbocycles. The second-order valence-corrected chi connectivity index (χ2v) is 6.92. The molecule has 0 spiro atoms. The second kappa shape index (κ2) is 8.51. The minimum atomic E-state index is -0.949. The zero-order chi connectivity index (χ0) is 19.3. The Morgan fingerprint density at radius 3 is 2.46 bits per heavy atom. The fraction of sp³-hybridized carbons (Fsp3) is 0.778. The molecule has 8 heteroatoms. The number of hydrogen-bond donors (Lipinski definition) is 1. The molecule has 2 fully saturated rings. The van der Waals surface area contributed by atoms with Gasteiger partial charge in [-0.25, -0.2) is 4.79 Å². The van der Waals surface area contributed by atoms with E-state index in [0.717, 1.165) is 30.6 Å². The number of carbonyl (C=O) groups excluding carboxylic acids is 4. The number of esters is 1. The fourth-order valence-electron chi connectivity index (χ4n) is 3.70.